The highest BCUT2D eigenvalue weighted by Gasteiger charge is 2.27. The van der Waals surface area contributed by atoms with E-state index in [4.69, 9.17) is 0 Å². The van der Waals surface area contributed by atoms with Crippen LogP contribution in [0.1, 0.15) is 28.2 Å². The molecule has 1 aromatic heterocycles. The first-order valence-electron chi connectivity index (χ1n) is 7.21. The molecule has 0 bridgehead atoms. The molecule has 21 heavy (non-hydrogen) atoms. The Morgan fingerprint density at radius 1 is 1.38 bits per heavy atom. The summed E-state index contributed by atoms with van der Waals surface area (Å²) in [6.45, 7) is 4.12. The van der Waals surface area contributed by atoms with Gasteiger partial charge in [0, 0.05) is 32.0 Å². The molecule has 0 fully saturated rings. The Hall–Kier alpha value is -2.20. The molecule has 108 valence electrons. The van der Waals surface area contributed by atoms with Crippen molar-refractivity contribution in [2.75, 3.05) is 6.54 Å². The molecule has 0 spiro atoms. The van der Waals surface area contributed by atoms with Gasteiger partial charge < -0.3 is 10.6 Å². The number of carbonyl (C=O) groups is 1. The predicted molar refractivity (Wildman–Crippen MR) is 81.7 cm³/mol. The van der Waals surface area contributed by atoms with Crippen LogP contribution < -0.4 is 10.6 Å². The van der Waals surface area contributed by atoms with Gasteiger partial charge in [-0.15, -0.1) is 0 Å². The Morgan fingerprint density at radius 2 is 2.29 bits per heavy atom. The molecule has 2 heterocycles. The number of fused-ring (bicyclic) bond motifs is 1. The molecule has 1 aromatic carbocycles. The monoisotopic (exact) mass is 281 g/mol. The molecule has 2 N–H and O–H groups in total. The van der Waals surface area contributed by atoms with Crippen LogP contribution in [0.2, 0.25) is 0 Å². The molecular formula is C17H19N3O. The van der Waals surface area contributed by atoms with Crippen molar-refractivity contribution in [3.05, 3.63) is 65.0 Å². The summed E-state index contributed by atoms with van der Waals surface area (Å²) in [4.78, 5) is 16.6. The molecule has 1 aliphatic rings. The molecular weight excluding hydrogens is 262 g/mol. The van der Waals surface area contributed by atoms with Gasteiger partial charge in [-0.1, -0.05) is 24.3 Å². The summed E-state index contributed by atoms with van der Waals surface area (Å²) in [5, 5.41) is 6.34. The fourth-order valence-corrected chi connectivity index (χ4v) is 2.89. The zero-order valence-electron chi connectivity index (χ0n) is 12.1. The smallest absolute Gasteiger partial charge is 0.229 e. The fourth-order valence-electron chi connectivity index (χ4n) is 2.89. The third-order valence-electron chi connectivity index (χ3n) is 3.93. The number of pyridine rings is 1. The molecule has 0 radical (unpaired) electrons. The van der Waals surface area contributed by atoms with Crippen LogP contribution in [0.3, 0.4) is 0 Å². The van der Waals surface area contributed by atoms with Gasteiger partial charge in [0.25, 0.3) is 0 Å². The highest BCUT2D eigenvalue weighted by molar-refractivity contribution is 5.85. The number of amides is 1. The molecule has 4 heteroatoms. The van der Waals surface area contributed by atoms with Crippen LogP contribution in [0.4, 0.5) is 0 Å². The number of aromatic nitrogens is 1. The van der Waals surface area contributed by atoms with E-state index in [-0.39, 0.29) is 11.8 Å². The second-order valence-electron chi connectivity index (χ2n) is 5.41. The number of aryl methyl sites for hydroxylation is 1. The first kappa shape index (κ1) is 13.8. The summed E-state index contributed by atoms with van der Waals surface area (Å²) in [7, 11) is 0. The van der Waals surface area contributed by atoms with Crippen molar-refractivity contribution >= 4 is 5.91 Å². The van der Waals surface area contributed by atoms with Crippen molar-refractivity contribution in [1.29, 1.82) is 0 Å². The van der Waals surface area contributed by atoms with E-state index in [0.717, 1.165) is 12.1 Å². The molecule has 2 aromatic rings. The lowest BCUT2D eigenvalue weighted by Crippen LogP contribution is -2.39. The van der Waals surface area contributed by atoms with Crippen LogP contribution in [0, 0.1) is 6.92 Å². The molecule has 0 saturated carbocycles. The van der Waals surface area contributed by atoms with Gasteiger partial charge in [0.05, 0.1) is 5.92 Å². The maximum atomic E-state index is 12.5. The third kappa shape index (κ3) is 2.95. The first-order chi connectivity index (χ1) is 10.3. The fraction of sp³-hybridized carbons (Fsp3) is 0.294. The van der Waals surface area contributed by atoms with E-state index < -0.39 is 0 Å². The first-order valence-corrected chi connectivity index (χ1v) is 7.21. The van der Waals surface area contributed by atoms with Crippen molar-refractivity contribution in [3.63, 3.8) is 0 Å². The molecule has 1 aliphatic heterocycles. The minimum Gasteiger partial charge on any atom is -0.351 e. The van der Waals surface area contributed by atoms with E-state index in [1.54, 1.807) is 12.4 Å². The van der Waals surface area contributed by atoms with Crippen LogP contribution in [0.5, 0.6) is 0 Å². The molecule has 1 unspecified atom stereocenters. The van der Waals surface area contributed by atoms with Crippen LogP contribution in [-0.2, 0) is 17.9 Å². The van der Waals surface area contributed by atoms with Gasteiger partial charge in [-0.3, -0.25) is 9.78 Å². The van der Waals surface area contributed by atoms with Crippen molar-refractivity contribution in [1.82, 2.24) is 15.6 Å². The van der Waals surface area contributed by atoms with E-state index in [9.17, 15) is 4.79 Å². The van der Waals surface area contributed by atoms with Crippen molar-refractivity contribution in [2.24, 2.45) is 0 Å². The van der Waals surface area contributed by atoms with Gasteiger partial charge in [-0.05, 0) is 35.2 Å². The number of nitrogens with one attached hydrogen (secondary N) is 2. The molecule has 0 aliphatic carbocycles. The van der Waals surface area contributed by atoms with Gasteiger partial charge >= 0.3 is 0 Å². The van der Waals surface area contributed by atoms with Crippen molar-refractivity contribution in [2.45, 2.75) is 25.9 Å². The summed E-state index contributed by atoms with van der Waals surface area (Å²) in [6, 6.07) is 10.1. The lowest BCUT2D eigenvalue weighted by molar-refractivity contribution is -0.122. The Kier molecular flexibility index (Phi) is 3.97. The Labute approximate surface area is 124 Å². The van der Waals surface area contributed by atoms with E-state index in [0.29, 0.717) is 13.1 Å². The van der Waals surface area contributed by atoms with Crippen LogP contribution in [0.15, 0.2) is 42.7 Å². The van der Waals surface area contributed by atoms with Gasteiger partial charge in [0.2, 0.25) is 5.91 Å². The quantitative estimate of drug-likeness (QED) is 0.903. The second kappa shape index (κ2) is 6.06. The number of benzene rings is 1. The maximum absolute atomic E-state index is 12.5. The lowest BCUT2D eigenvalue weighted by Gasteiger charge is -2.27. The highest BCUT2D eigenvalue weighted by atomic mass is 16.1. The van der Waals surface area contributed by atoms with Gasteiger partial charge in [0.15, 0.2) is 0 Å². The second-order valence-corrected chi connectivity index (χ2v) is 5.41. The number of carbonyl (C=O) groups excluding carboxylic acids is 1. The molecule has 0 saturated heterocycles. The van der Waals surface area contributed by atoms with Gasteiger partial charge in [-0.25, -0.2) is 0 Å². The van der Waals surface area contributed by atoms with Crippen molar-refractivity contribution in [3.8, 4) is 0 Å². The molecule has 3 rings (SSSR count). The van der Waals surface area contributed by atoms with Crippen LogP contribution in [0.25, 0.3) is 0 Å². The average molecular weight is 281 g/mol. The minimum atomic E-state index is -0.119. The zero-order valence-corrected chi connectivity index (χ0v) is 12.1. The molecule has 4 nitrogen and oxygen atoms in total. The number of hydrogen-bond acceptors (Lipinski definition) is 3. The predicted octanol–water partition coefficient (Wildman–Crippen LogP) is 1.89. The normalized spacial score (nSPS) is 17.1. The standard InChI is InChI=1S/C17H19N3O/c1-12-4-2-6-14-10-19-11-15(16(12)14)17(21)20-9-13-5-3-7-18-8-13/h2-8,15,19H,9-11H2,1H3,(H,20,21). The third-order valence-corrected chi connectivity index (χ3v) is 3.93. The average Bonchev–Trinajstić information content (AvgIpc) is 2.53. The van der Waals surface area contributed by atoms with Crippen LogP contribution in [-0.4, -0.2) is 17.4 Å². The zero-order chi connectivity index (χ0) is 14.7. The Bertz CT molecular complexity index is 640. The van der Waals surface area contributed by atoms with E-state index in [1.165, 1.54) is 16.7 Å². The van der Waals surface area contributed by atoms with E-state index in [1.807, 2.05) is 18.2 Å². The van der Waals surface area contributed by atoms with E-state index >= 15 is 0 Å². The number of rotatable bonds is 3. The topological polar surface area (TPSA) is 54.0 Å². The number of hydrogen-bond donors (Lipinski definition) is 2. The van der Waals surface area contributed by atoms with Gasteiger partial charge in [0.1, 0.15) is 0 Å². The Balaban J connectivity index is 1.75. The molecule has 1 amide bonds. The van der Waals surface area contributed by atoms with Crippen LogP contribution >= 0.6 is 0 Å². The number of nitrogens with zero attached hydrogens (tertiary/aromatic N) is 1. The minimum absolute atomic E-state index is 0.0709. The Morgan fingerprint density at radius 3 is 3.10 bits per heavy atom. The summed E-state index contributed by atoms with van der Waals surface area (Å²) in [6.07, 6.45) is 3.51. The summed E-state index contributed by atoms with van der Waals surface area (Å²) in [5.41, 5.74) is 4.61. The van der Waals surface area contributed by atoms with Crippen molar-refractivity contribution < 1.29 is 4.79 Å². The maximum Gasteiger partial charge on any atom is 0.229 e. The summed E-state index contributed by atoms with van der Waals surface area (Å²) < 4.78 is 0. The lowest BCUT2D eigenvalue weighted by atomic mass is 9.87. The largest absolute Gasteiger partial charge is 0.351 e. The highest BCUT2D eigenvalue weighted by Crippen LogP contribution is 2.27. The van der Waals surface area contributed by atoms with Gasteiger partial charge in [-0.2, -0.15) is 0 Å². The molecule has 1 atom stereocenters. The summed E-state index contributed by atoms with van der Waals surface area (Å²) in [5.74, 6) is -0.0479. The SMILES string of the molecule is Cc1cccc2c1C(C(=O)NCc1cccnc1)CNC2. The summed E-state index contributed by atoms with van der Waals surface area (Å²) >= 11 is 0. The van der Waals surface area contributed by atoms with E-state index in [2.05, 4.69) is 34.7 Å².